The Bertz CT molecular complexity index is 445. The predicted molar refractivity (Wildman–Crippen MR) is 94.6 cm³/mol. The van der Waals surface area contributed by atoms with E-state index in [1.807, 2.05) is 0 Å². The smallest absolute Gasteiger partial charge is 0.0332 e. The van der Waals surface area contributed by atoms with Gasteiger partial charge in [0.15, 0.2) is 0 Å². The minimum absolute atomic E-state index is 0.456. The summed E-state index contributed by atoms with van der Waals surface area (Å²) >= 11 is 3.59. The Hall–Kier alpha value is -0.380. The van der Waals surface area contributed by atoms with Crippen LogP contribution in [0.3, 0.4) is 0 Å². The van der Waals surface area contributed by atoms with Crippen LogP contribution in [-0.2, 0) is 0 Å². The largest absolute Gasteiger partial charge is 0.310 e. The first-order valence-electron chi connectivity index (χ1n) is 8.21. The second kappa shape index (κ2) is 7.75. The van der Waals surface area contributed by atoms with Crippen LogP contribution in [0.1, 0.15) is 51.6 Å². The molecule has 1 saturated heterocycles. The highest BCUT2D eigenvalue weighted by molar-refractivity contribution is 9.10. The van der Waals surface area contributed by atoms with E-state index >= 15 is 0 Å². The predicted octanol–water partition coefficient (Wildman–Crippen LogP) is 4.61. The minimum Gasteiger partial charge on any atom is -0.310 e. The van der Waals surface area contributed by atoms with Gasteiger partial charge in [-0.05, 0) is 62.0 Å². The van der Waals surface area contributed by atoms with Gasteiger partial charge in [-0.25, -0.2) is 0 Å². The van der Waals surface area contributed by atoms with Crippen molar-refractivity contribution in [1.82, 2.24) is 10.2 Å². The first-order chi connectivity index (χ1) is 10.00. The zero-order valence-corrected chi connectivity index (χ0v) is 15.2. The van der Waals surface area contributed by atoms with Crippen molar-refractivity contribution >= 4 is 15.9 Å². The number of benzene rings is 1. The van der Waals surface area contributed by atoms with Gasteiger partial charge in [0.25, 0.3) is 0 Å². The van der Waals surface area contributed by atoms with Crippen LogP contribution in [0, 0.1) is 5.41 Å². The van der Waals surface area contributed by atoms with E-state index in [0.29, 0.717) is 11.5 Å². The molecule has 3 heteroatoms. The Morgan fingerprint density at radius 1 is 1.38 bits per heavy atom. The number of nitrogens with one attached hydrogen (secondary N) is 1. The zero-order valence-electron chi connectivity index (χ0n) is 13.7. The molecule has 1 aromatic rings. The third-order valence-electron chi connectivity index (χ3n) is 4.42. The zero-order chi connectivity index (χ0) is 15.3. The van der Waals surface area contributed by atoms with Crippen LogP contribution in [0.15, 0.2) is 28.7 Å². The molecule has 2 nitrogen and oxygen atoms in total. The first kappa shape index (κ1) is 17.0. The van der Waals surface area contributed by atoms with Crippen molar-refractivity contribution in [2.24, 2.45) is 5.41 Å². The summed E-state index contributed by atoms with van der Waals surface area (Å²) in [7, 11) is 0. The average molecular weight is 353 g/mol. The van der Waals surface area contributed by atoms with Gasteiger partial charge in [-0.1, -0.05) is 48.8 Å². The molecule has 21 heavy (non-hydrogen) atoms. The fourth-order valence-corrected chi connectivity index (χ4v) is 3.82. The van der Waals surface area contributed by atoms with E-state index in [9.17, 15) is 0 Å². The number of nitrogens with zero attached hydrogens (tertiary/aromatic N) is 1. The maximum atomic E-state index is 3.64. The minimum atomic E-state index is 0.456. The summed E-state index contributed by atoms with van der Waals surface area (Å²) in [5.74, 6) is 0. The van der Waals surface area contributed by atoms with Crippen LogP contribution in [-0.4, -0.2) is 31.1 Å². The Kier molecular flexibility index (Phi) is 6.27. The van der Waals surface area contributed by atoms with E-state index < -0.39 is 0 Å². The molecule has 0 spiro atoms. The van der Waals surface area contributed by atoms with E-state index in [2.05, 4.69) is 71.2 Å². The molecule has 0 aliphatic carbocycles. The fourth-order valence-electron chi connectivity index (χ4n) is 3.40. The van der Waals surface area contributed by atoms with Crippen molar-refractivity contribution in [3.8, 4) is 0 Å². The van der Waals surface area contributed by atoms with Crippen LogP contribution >= 0.6 is 15.9 Å². The molecule has 1 fully saturated rings. The summed E-state index contributed by atoms with van der Waals surface area (Å²) in [6.07, 6.45) is 3.89. The second-order valence-electron chi connectivity index (χ2n) is 7.00. The molecule has 0 bridgehead atoms. The van der Waals surface area contributed by atoms with Gasteiger partial charge < -0.3 is 10.2 Å². The normalized spacial score (nSPS) is 20.4. The molecule has 1 aromatic carbocycles. The molecular formula is C18H29BrN2. The van der Waals surface area contributed by atoms with Gasteiger partial charge in [0.05, 0.1) is 0 Å². The van der Waals surface area contributed by atoms with Gasteiger partial charge in [0.2, 0.25) is 0 Å². The molecule has 0 aromatic heterocycles. The van der Waals surface area contributed by atoms with E-state index in [-0.39, 0.29) is 0 Å². The number of likely N-dealkylation sites (tertiary alicyclic amines) is 1. The molecule has 0 saturated carbocycles. The number of rotatable bonds is 6. The lowest BCUT2D eigenvalue weighted by Gasteiger charge is -2.38. The Balaban J connectivity index is 1.94. The van der Waals surface area contributed by atoms with E-state index in [0.717, 1.165) is 6.54 Å². The van der Waals surface area contributed by atoms with Crippen molar-refractivity contribution in [3.05, 3.63) is 34.3 Å². The third kappa shape index (κ3) is 5.39. The Labute approximate surface area is 138 Å². The SMILES string of the molecule is CCNC(CCN1CCCC(C)(C)C1)c1cccc(Br)c1. The van der Waals surface area contributed by atoms with E-state index in [1.165, 1.54) is 48.9 Å². The molecule has 1 unspecified atom stereocenters. The van der Waals surface area contributed by atoms with Crippen LogP contribution in [0.2, 0.25) is 0 Å². The van der Waals surface area contributed by atoms with Crippen LogP contribution < -0.4 is 5.32 Å². The molecule has 1 aliphatic rings. The van der Waals surface area contributed by atoms with Crippen molar-refractivity contribution in [1.29, 1.82) is 0 Å². The summed E-state index contributed by atoms with van der Waals surface area (Å²) < 4.78 is 1.17. The fraction of sp³-hybridized carbons (Fsp3) is 0.667. The number of halogens is 1. The summed E-state index contributed by atoms with van der Waals surface area (Å²) in [4.78, 5) is 2.64. The van der Waals surface area contributed by atoms with E-state index in [1.54, 1.807) is 0 Å². The van der Waals surface area contributed by atoms with Crippen LogP contribution in [0.25, 0.3) is 0 Å². The first-order valence-corrected chi connectivity index (χ1v) is 9.01. The lowest BCUT2D eigenvalue weighted by molar-refractivity contribution is 0.113. The quantitative estimate of drug-likeness (QED) is 0.803. The Morgan fingerprint density at radius 2 is 2.19 bits per heavy atom. The standard InChI is InChI=1S/C18H29BrN2/c1-4-20-17(15-7-5-8-16(19)13-15)9-12-21-11-6-10-18(2,3)14-21/h5,7-8,13,17,20H,4,6,9-12,14H2,1-3H3. The molecule has 1 N–H and O–H groups in total. The van der Waals surface area contributed by atoms with Gasteiger partial charge in [0, 0.05) is 17.1 Å². The van der Waals surface area contributed by atoms with Gasteiger partial charge in [-0.15, -0.1) is 0 Å². The molecule has 0 radical (unpaired) electrons. The highest BCUT2D eigenvalue weighted by atomic mass is 79.9. The van der Waals surface area contributed by atoms with Crippen LogP contribution in [0.4, 0.5) is 0 Å². The maximum absolute atomic E-state index is 3.64. The highest BCUT2D eigenvalue weighted by Crippen LogP contribution is 2.29. The molecule has 118 valence electrons. The molecular weight excluding hydrogens is 324 g/mol. The van der Waals surface area contributed by atoms with Gasteiger partial charge in [0.1, 0.15) is 0 Å². The third-order valence-corrected chi connectivity index (χ3v) is 4.91. The molecule has 1 heterocycles. The molecule has 1 aliphatic heterocycles. The lowest BCUT2D eigenvalue weighted by atomic mass is 9.84. The molecule has 2 rings (SSSR count). The van der Waals surface area contributed by atoms with Gasteiger partial charge in [-0.2, -0.15) is 0 Å². The van der Waals surface area contributed by atoms with Crippen molar-refractivity contribution in [2.45, 2.75) is 46.1 Å². The number of piperidine rings is 1. The number of hydrogen-bond donors (Lipinski definition) is 1. The summed E-state index contributed by atoms with van der Waals surface area (Å²) in [6, 6.07) is 9.16. The monoisotopic (exact) mass is 352 g/mol. The average Bonchev–Trinajstić information content (AvgIpc) is 2.42. The maximum Gasteiger partial charge on any atom is 0.0332 e. The van der Waals surface area contributed by atoms with Crippen molar-refractivity contribution in [3.63, 3.8) is 0 Å². The topological polar surface area (TPSA) is 15.3 Å². The summed E-state index contributed by atoms with van der Waals surface area (Å²) in [5.41, 5.74) is 1.88. The number of hydrogen-bond acceptors (Lipinski definition) is 2. The van der Waals surface area contributed by atoms with Gasteiger partial charge in [-0.3, -0.25) is 0 Å². The summed E-state index contributed by atoms with van der Waals surface area (Å²) in [5, 5.41) is 3.64. The van der Waals surface area contributed by atoms with E-state index in [4.69, 9.17) is 0 Å². The van der Waals surface area contributed by atoms with Crippen molar-refractivity contribution in [2.75, 3.05) is 26.2 Å². The lowest BCUT2D eigenvalue weighted by Crippen LogP contribution is -2.41. The summed E-state index contributed by atoms with van der Waals surface area (Å²) in [6.45, 7) is 11.7. The van der Waals surface area contributed by atoms with Gasteiger partial charge >= 0.3 is 0 Å². The second-order valence-corrected chi connectivity index (χ2v) is 7.91. The Morgan fingerprint density at radius 3 is 2.86 bits per heavy atom. The van der Waals surface area contributed by atoms with Crippen LogP contribution in [0.5, 0.6) is 0 Å². The van der Waals surface area contributed by atoms with Crippen molar-refractivity contribution < 1.29 is 0 Å². The highest BCUT2D eigenvalue weighted by Gasteiger charge is 2.26. The molecule has 0 amide bonds. The molecule has 1 atom stereocenters.